The van der Waals surface area contributed by atoms with Gasteiger partial charge in [-0.1, -0.05) is 18.2 Å². The number of nitrogens with one attached hydrogen (secondary N) is 1. The summed E-state index contributed by atoms with van der Waals surface area (Å²) in [5.74, 6) is 0.237. The van der Waals surface area contributed by atoms with Crippen LogP contribution in [0.5, 0.6) is 5.75 Å². The molecule has 146 valence electrons. The fourth-order valence-corrected chi connectivity index (χ4v) is 3.85. The van der Waals surface area contributed by atoms with Crippen molar-refractivity contribution in [3.8, 4) is 28.4 Å². The predicted molar refractivity (Wildman–Crippen MR) is 111 cm³/mol. The van der Waals surface area contributed by atoms with E-state index >= 15 is 0 Å². The number of anilines is 1. The summed E-state index contributed by atoms with van der Waals surface area (Å²) in [5, 5.41) is 7.45. The van der Waals surface area contributed by atoms with Crippen LogP contribution in [-0.4, -0.2) is 40.4 Å². The van der Waals surface area contributed by atoms with Gasteiger partial charge in [-0.2, -0.15) is 5.10 Å². The van der Waals surface area contributed by atoms with Gasteiger partial charge in [-0.05, 0) is 37.1 Å². The molecule has 1 aliphatic rings. The lowest BCUT2D eigenvalue weighted by Crippen LogP contribution is -2.17. The maximum Gasteiger partial charge on any atom is 0.166 e. The number of fused-ring (bicyclic) bond motifs is 1. The highest BCUT2D eigenvalue weighted by Crippen LogP contribution is 2.33. The minimum Gasteiger partial charge on any atom is -0.496 e. The van der Waals surface area contributed by atoms with Gasteiger partial charge in [0.15, 0.2) is 5.82 Å². The van der Waals surface area contributed by atoms with Gasteiger partial charge in [-0.15, -0.1) is 0 Å². The Labute approximate surface area is 167 Å². The summed E-state index contributed by atoms with van der Waals surface area (Å²) in [6.45, 7) is 2.15. The standard InChI is InChI=1S/C22H20FN5O/c1-29-18-9-5-8-16(23)19(18)22-24-13-17-21(25-22)20(27-26-17)14-6-4-7-15(12-14)28-10-2-3-11-28/h4-9,12-13H,2-3,10-11H2,1H3,(H,26,27). The summed E-state index contributed by atoms with van der Waals surface area (Å²) in [6.07, 6.45) is 4.07. The van der Waals surface area contributed by atoms with Crippen molar-refractivity contribution >= 4 is 16.7 Å². The molecule has 4 aromatic rings. The number of ether oxygens (including phenoxy) is 1. The molecule has 29 heavy (non-hydrogen) atoms. The quantitative estimate of drug-likeness (QED) is 0.559. The molecule has 0 aliphatic carbocycles. The minimum absolute atomic E-state index is 0.245. The largest absolute Gasteiger partial charge is 0.496 e. The number of aromatic amines is 1. The van der Waals surface area contributed by atoms with Crippen LogP contribution in [0.15, 0.2) is 48.7 Å². The average molecular weight is 389 g/mol. The van der Waals surface area contributed by atoms with Gasteiger partial charge in [-0.3, -0.25) is 5.10 Å². The maximum absolute atomic E-state index is 14.5. The van der Waals surface area contributed by atoms with Crippen LogP contribution in [0.2, 0.25) is 0 Å². The van der Waals surface area contributed by atoms with Crippen molar-refractivity contribution in [1.29, 1.82) is 0 Å². The van der Waals surface area contributed by atoms with E-state index in [9.17, 15) is 4.39 Å². The molecule has 7 heteroatoms. The SMILES string of the molecule is COc1cccc(F)c1-c1ncc2[nH]nc(-c3cccc(N4CCCC4)c3)c2n1. The van der Waals surface area contributed by atoms with Crippen LogP contribution in [0.4, 0.5) is 10.1 Å². The average Bonchev–Trinajstić information content (AvgIpc) is 3.43. The fraction of sp³-hybridized carbons (Fsp3) is 0.227. The highest BCUT2D eigenvalue weighted by atomic mass is 19.1. The number of methoxy groups -OCH3 is 1. The van der Waals surface area contributed by atoms with Crippen molar-refractivity contribution in [3.63, 3.8) is 0 Å². The van der Waals surface area contributed by atoms with Crippen molar-refractivity contribution < 1.29 is 9.13 Å². The van der Waals surface area contributed by atoms with Crippen molar-refractivity contribution in [3.05, 3.63) is 54.5 Å². The second-order valence-corrected chi connectivity index (χ2v) is 7.09. The number of nitrogens with zero attached hydrogens (tertiary/aromatic N) is 4. The molecule has 0 atom stereocenters. The van der Waals surface area contributed by atoms with E-state index in [1.54, 1.807) is 18.3 Å². The fourth-order valence-electron chi connectivity index (χ4n) is 3.85. The van der Waals surface area contributed by atoms with E-state index in [0.717, 1.165) is 24.3 Å². The Morgan fingerprint density at radius 2 is 1.93 bits per heavy atom. The van der Waals surface area contributed by atoms with Crippen LogP contribution in [0.3, 0.4) is 0 Å². The number of aromatic nitrogens is 4. The topological polar surface area (TPSA) is 66.9 Å². The van der Waals surface area contributed by atoms with E-state index in [4.69, 9.17) is 4.74 Å². The van der Waals surface area contributed by atoms with E-state index in [2.05, 4.69) is 37.2 Å². The van der Waals surface area contributed by atoms with Crippen LogP contribution in [0, 0.1) is 5.82 Å². The summed E-state index contributed by atoms with van der Waals surface area (Å²) in [4.78, 5) is 11.3. The van der Waals surface area contributed by atoms with Crippen LogP contribution in [0.25, 0.3) is 33.7 Å². The molecule has 0 saturated carbocycles. The van der Waals surface area contributed by atoms with Crippen molar-refractivity contribution in [2.24, 2.45) is 0 Å². The zero-order valence-electron chi connectivity index (χ0n) is 16.0. The molecule has 0 amide bonds. The van der Waals surface area contributed by atoms with Gasteiger partial charge >= 0.3 is 0 Å². The van der Waals surface area contributed by atoms with Gasteiger partial charge in [0.25, 0.3) is 0 Å². The molecule has 0 radical (unpaired) electrons. The number of benzene rings is 2. The first-order valence-corrected chi connectivity index (χ1v) is 9.64. The minimum atomic E-state index is -0.426. The molecule has 0 spiro atoms. The highest BCUT2D eigenvalue weighted by Gasteiger charge is 2.19. The second kappa shape index (κ2) is 7.16. The van der Waals surface area contributed by atoms with Crippen molar-refractivity contribution in [2.75, 3.05) is 25.1 Å². The van der Waals surface area contributed by atoms with Gasteiger partial charge in [0.05, 0.1) is 18.9 Å². The maximum atomic E-state index is 14.5. The van der Waals surface area contributed by atoms with Crippen LogP contribution in [-0.2, 0) is 0 Å². The summed E-state index contributed by atoms with van der Waals surface area (Å²) in [5.41, 5.74) is 4.46. The molecule has 1 saturated heterocycles. The third-order valence-electron chi connectivity index (χ3n) is 5.31. The molecular weight excluding hydrogens is 369 g/mol. The molecule has 3 heterocycles. The van der Waals surface area contributed by atoms with Gasteiger partial charge in [-0.25, -0.2) is 14.4 Å². The number of hydrogen-bond donors (Lipinski definition) is 1. The lowest BCUT2D eigenvalue weighted by atomic mass is 10.1. The molecule has 0 unspecified atom stereocenters. The van der Waals surface area contributed by atoms with Gasteiger partial charge in [0.1, 0.15) is 28.3 Å². The molecule has 6 nitrogen and oxygen atoms in total. The van der Waals surface area contributed by atoms with Crippen LogP contribution >= 0.6 is 0 Å². The summed E-state index contributed by atoms with van der Waals surface area (Å²) >= 11 is 0. The van der Waals surface area contributed by atoms with E-state index in [-0.39, 0.29) is 11.4 Å². The first-order chi connectivity index (χ1) is 14.2. The number of hydrogen-bond acceptors (Lipinski definition) is 5. The molecular formula is C22H20FN5O. The zero-order chi connectivity index (χ0) is 19.8. The summed E-state index contributed by atoms with van der Waals surface area (Å²) in [7, 11) is 1.50. The normalized spacial score (nSPS) is 13.9. The van der Waals surface area contributed by atoms with Crippen LogP contribution < -0.4 is 9.64 Å². The Morgan fingerprint density at radius 3 is 2.76 bits per heavy atom. The first kappa shape index (κ1) is 17.6. The molecule has 1 N–H and O–H groups in total. The Kier molecular flexibility index (Phi) is 4.35. The van der Waals surface area contributed by atoms with Crippen molar-refractivity contribution in [1.82, 2.24) is 20.2 Å². The monoisotopic (exact) mass is 389 g/mol. The Hall–Kier alpha value is -3.48. The van der Waals surface area contributed by atoms with Gasteiger partial charge in [0.2, 0.25) is 0 Å². The third kappa shape index (κ3) is 3.08. The zero-order valence-corrected chi connectivity index (χ0v) is 16.0. The lowest BCUT2D eigenvalue weighted by molar-refractivity contribution is 0.413. The lowest BCUT2D eigenvalue weighted by Gasteiger charge is -2.18. The molecule has 0 bridgehead atoms. The number of rotatable bonds is 4. The highest BCUT2D eigenvalue weighted by molar-refractivity contribution is 5.91. The van der Waals surface area contributed by atoms with E-state index < -0.39 is 5.82 Å². The Bertz CT molecular complexity index is 1180. The Balaban J connectivity index is 1.62. The number of halogens is 1. The van der Waals surface area contributed by atoms with E-state index in [1.165, 1.54) is 31.7 Å². The van der Waals surface area contributed by atoms with Gasteiger partial charge < -0.3 is 9.64 Å². The second-order valence-electron chi connectivity index (χ2n) is 7.09. The molecule has 5 rings (SSSR count). The van der Waals surface area contributed by atoms with Gasteiger partial charge in [0, 0.05) is 24.3 Å². The number of H-pyrrole nitrogens is 1. The summed E-state index contributed by atoms with van der Waals surface area (Å²) < 4.78 is 19.8. The molecule has 1 fully saturated rings. The van der Waals surface area contributed by atoms with E-state index in [1.807, 2.05) is 12.1 Å². The smallest absolute Gasteiger partial charge is 0.166 e. The van der Waals surface area contributed by atoms with Crippen molar-refractivity contribution in [2.45, 2.75) is 12.8 Å². The predicted octanol–water partition coefficient (Wildman–Crippen LogP) is 4.43. The Morgan fingerprint density at radius 1 is 1.10 bits per heavy atom. The van der Waals surface area contributed by atoms with Crippen LogP contribution in [0.1, 0.15) is 12.8 Å². The molecule has 1 aliphatic heterocycles. The molecule has 2 aromatic carbocycles. The third-order valence-corrected chi connectivity index (χ3v) is 5.31. The summed E-state index contributed by atoms with van der Waals surface area (Å²) in [6, 6.07) is 13.0. The van der Waals surface area contributed by atoms with E-state index in [0.29, 0.717) is 16.8 Å². The molecule has 2 aromatic heterocycles. The first-order valence-electron chi connectivity index (χ1n) is 9.64.